The van der Waals surface area contributed by atoms with Gasteiger partial charge >= 0.3 is 5.63 Å². The molecule has 1 N–H and O–H groups in total. The van der Waals surface area contributed by atoms with Crippen molar-refractivity contribution in [2.75, 3.05) is 13.2 Å². The van der Waals surface area contributed by atoms with Crippen molar-refractivity contribution in [3.05, 3.63) is 76.1 Å². The standard InChI is InChI=1S/C24H25NO4/c1-2-17-13-23(27)29-21-14-19(9-10-20(17)21)28-15-22(26)25-16-24(11-6-12-24)18-7-4-3-5-8-18/h3-5,7-10,13-14H,2,6,11-12,15-16H2,1H3,(H,25,26). The maximum Gasteiger partial charge on any atom is 0.336 e. The van der Waals surface area contributed by atoms with Gasteiger partial charge in [-0.2, -0.15) is 0 Å². The molecule has 3 aromatic rings. The van der Waals surface area contributed by atoms with Gasteiger partial charge in [0, 0.05) is 29.5 Å². The Hall–Kier alpha value is -3.08. The van der Waals surface area contributed by atoms with Crippen LogP contribution in [0.2, 0.25) is 0 Å². The van der Waals surface area contributed by atoms with Crippen molar-refractivity contribution < 1.29 is 13.9 Å². The second kappa shape index (κ2) is 8.11. The maximum absolute atomic E-state index is 12.3. The van der Waals surface area contributed by atoms with Gasteiger partial charge < -0.3 is 14.5 Å². The lowest BCUT2D eigenvalue weighted by Gasteiger charge is -2.42. The molecule has 1 aliphatic rings. The average Bonchev–Trinajstić information content (AvgIpc) is 2.71. The summed E-state index contributed by atoms with van der Waals surface area (Å²) in [6.07, 6.45) is 4.10. The van der Waals surface area contributed by atoms with Gasteiger partial charge in [0.25, 0.3) is 5.91 Å². The summed E-state index contributed by atoms with van der Waals surface area (Å²) >= 11 is 0. The highest BCUT2D eigenvalue weighted by Gasteiger charge is 2.38. The van der Waals surface area contributed by atoms with E-state index in [1.807, 2.05) is 31.2 Å². The van der Waals surface area contributed by atoms with Gasteiger partial charge in [-0.15, -0.1) is 0 Å². The number of amides is 1. The Bertz CT molecular complexity index is 1070. The molecule has 0 atom stereocenters. The molecule has 29 heavy (non-hydrogen) atoms. The monoisotopic (exact) mass is 391 g/mol. The van der Waals surface area contributed by atoms with Crippen molar-refractivity contribution in [2.24, 2.45) is 0 Å². The van der Waals surface area contributed by atoms with Crippen LogP contribution in [0.15, 0.2) is 63.8 Å². The molecular formula is C24H25NO4. The van der Waals surface area contributed by atoms with Crippen LogP contribution in [0.5, 0.6) is 5.75 Å². The topological polar surface area (TPSA) is 68.5 Å². The molecule has 0 saturated heterocycles. The molecule has 1 heterocycles. The van der Waals surface area contributed by atoms with Crippen LogP contribution in [-0.2, 0) is 16.6 Å². The zero-order valence-corrected chi connectivity index (χ0v) is 16.6. The number of ether oxygens (including phenoxy) is 1. The van der Waals surface area contributed by atoms with Gasteiger partial charge in [-0.3, -0.25) is 4.79 Å². The summed E-state index contributed by atoms with van der Waals surface area (Å²) in [7, 11) is 0. The van der Waals surface area contributed by atoms with E-state index in [1.54, 1.807) is 12.1 Å². The maximum atomic E-state index is 12.3. The van der Waals surface area contributed by atoms with Crippen molar-refractivity contribution in [3.8, 4) is 5.75 Å². The van der Waals surface area contributed by atoms with E-state index in [-0.39, 0.29) is 23.6 Å². The van der Waals surface area contributed by atoms with Crippen LogP contribution in [0.3, 0.4) is 0 Å². The number of rotatable bonds is 7. The first-order valence-electron chi connectivity index (χ1n) is 10.1. The predicted molar refractivity (Wildman–Crippen MR) is 112 cm³/mol. The highest BCUT2D eigenvalue weighted by atomic mass is 16.5. The second-order valence-electron chi connectivity index (χ2n) is 7.67. The van der Waals surface area contributed by atoms with Crippen molar-refractivity contribution in [2.45, 2.75) is 38.0 Å². The molecule has 1 fully saturated rings. The zero-order valence-electron chi connectivity index (χ0n) is 16.6. The Morgan fingerprint density at radius 3 is 2.62 bits per heavy atom. The summed E-state index contributed by atoms with van der Waals surface area (Å²) in [5, 5.41) is 3.91. The molecule has 0 spiro atoms. The van der Waals surface area contributed by atoms with Crippen LogP contribution >= 0.6 is 0 Å². The van der Waals surface area contributed by atoms with Gasteiger partial charge in [0.1, 0.15) is 11.3 Å². The van der Waals surface area contributed by atoms with Crippen LogP contribution in [0, 0.1) is 0 Å². The van der Waals surface area contributed by atoms with Crippen molar-refractivity contribution >= 4 is 16.9 Å². The molecule has 1 aliphatic carbocycles. The lowest BCUT2D eigenvalue weighted by molar-refractivity contribution is -0.123. The van der Waals surface area contributed by atoms with Crippen molar-refractivity contribution in [3.63, 3.8) is 0 Å². The van der Waals surface area contributed by atoms with E-state index in [0.717, 1.165) is 30.2 Å². The Morgan fingerprint density at radius 1 is 1.14 bits per heavy atom. The second-order valence-corrected chi connectivity index (χ2v) is 7.67. The van der Waals surface area contributed by atoms with Crippen molar-refractivity contribution in [1.29, 1.82) is 0 Å². The predicted octanol–water partition coefficient (Wildman–Crippen LogP) is 3.97. The minimum atomic E-state index is -0.379. The zero-order chi connectivity index (χ0) is 20.3. The van der Waals surface area contributed by atoms with E-state index in [4.69, 9.17) is 9.15 Å². The molecular weight excluding hydrogens is 366 g/mol. The third-order valence-electron chi connectivity index (χ3n) is 5.87. The lowest BCUT2D eigenvalue weighted by atomic mass is 9.64. The fraction of sp³-hybridized carbons (Fsp3) is 0.333. The summed E-state index contributed by atoms with van der Waals surface area (Å²) in [5.74, 6) is 0.349. The molecule has 0 unspecified atom stereocenters. The molecule has 1 amide bonds. The number of hydrogen-bond acceptors (Lipinski definition) is 4. The third-order valence-corrected chi connectivity index (χ3v) is 5.87. The van der Waals surface area contributed by atoms with Gasteiger partial charge in [0.05, 0.1) is 0 Å². The van der Waals surface area contributed by atoms with Gasteiger partial charge in [0.2, 0.25) is 0 Å². The highest BCUT2D eigenvalue weighted by molar-refractivity contribution is 5.82. The van der Waals surface area contributed by atoms with E-state index >= 15 is 0 Å². The largest absolute Gasteiger partial charge is 0.484 e. The number of aryl methyl sites for hydroxylation is 1. The van der Waals surface area contributed by atoms with Gasteiger partial charge in [-0.1, -0.05) is 43.7 Å². The van der Waals surface area contributed by atoms with E-state index in [2.05, 4.69) is 17.4 Å². The molecule has 0 aliphatic heterocycles. The molecule has 0 radical (unpaired) electrons. The Morgan fingerprint density at radius 2 is 1.93 bits per heavy atom. The smallest absolute Gasteiger partial charge is 0.336 e. The first-order chi connectivity index (χ1) is 14.1. The number of hydrogen-bond donors (Lipinski definition) is 1. The number of fused-ring (bicyclic) bond motifs is 1. The van der Waals surface area contributed by atoms with Crippen LogP contribution in [0.1, 0.15) is 37.3 Å². The molecule has 2 aromatic carbocycles. The highest BCUT2D eigenvalue weighted by Crippen LogP contribution is 2.43. The number of carbonyl (C=O) groups is 1. The first kappa shape index (κ1) is 19.2. The SMILES string of the molecule is CCc1cc(=O)oc2cc(OCC(=O)NCC3(c4ccccc4)CCC3)ccc12. The van der Waals surface area contributed by atoms with Crippen LogP contribution < -0.4 is 15.7 Å². The fourth-order valence-electron chi connectivity index (χ4n) is 4.02. The van der Waals surface area contributed by atoms with Crippen LogP contribution in [0.25, 0.3) is 11.0 Å². The Labute approximate surface area is 169 Å². The van der Waals surface area contributed by atoms with E-state index in [0.29, 0.717) is 17.9 Å². The summed E-state index contributed by atoms with van der Waals surface area (Å²) in [5.41, 5.74) is 2.36. The summed E-state index contributed by atoms with van der Waals surface area (Å²) in [6, 6.07) is 17.2. The molecule has 0 bridgehead atoms. The third kappa shape index (κ3) is 4.04. The van der Waals surface area contributed by atoms with Gasteiger partial charge in [-0.05, 0) is 42.5 Å². The minimum Gasteiger partial charge on any atom is -0.484 e. The molecule has 4 rings (SSSR count). The summed E-state index contributed by atoms with van der Waals surface area (Å²) in [6.45, 7) is 2.53. The van der Waals surface area contributed by atoms with E-state index in [1.165, 1.54) is 18.1 Å². The van der Waals surface area contributed by atoms with Gasteiger partial charge in [-0.25, -0.2) is 4.79 Å². The fourth-order valence-corrected chi connectivity index (χ4v) is 4.02. The molecule has 5 heteroatoms. The first-order valence-corrected chi connectivity index (χ1v) is 10.1. The Kier molecular flexibility index (Phi) is 5.38. The number of benzene rings is 2. The lowest BCUT2D eigenvalue weighted by Crippen LogP contribution is -2.46. The summed E-state index contributed by atoms with van der Waals surface area (Å²) in [4.78, 5) is 24.0. The van der Waals surface area contributed by atoms with Crippen LogP contribution in [-0.4, -0.2) is 19.1 Å². The molecule has 1 saturated carbocycles. The average molecular weight is 391 g/mol. The van der Waals surface area contributed by atoms with Gasteiger partial charge in [0.15, 0.2) is 6.61 Å². The minimum absolute atomic E-state index is 0.0415. The Balaban J connectivity index is 1.38. The normalized spacial score (nSPS) is 14.9. The molecule has 1 aromatic heterocycles. The summed E-state index contributed by atoms with van der Waals surface area (Å²) < 4.78 is 10.9. The van der Waals surface area contributed by atoms with E-state index in [9.17, 15) is 9.59 Å². The number of nitrogens with one attached hydrogen (secondary N) is 1. The van der Waals surface area contributed by atoms with Crippen LogP contribution in [0.4, 0.5) is 0 Å². The van der Waals surface area contributed by atoms with Crippen molar-refractivity contribution in [1.82, 2.24) is 5.32 Å². The molecule has 5 nitrogen and oxygen atoms in total. The molecule has 150 valence electrons. The quantitative estimate of drug-likeness (QED) is 0.619. The van der Waals surface area contributed by atoms with E-state index < -0.39 is 0 Å². The number of carbonyl (C=O) groups excluding carboxylic acids is 1.